The smallest absolute Gasteiger partial charge is 0.269 e. The van der Waals surface area contributed by atoms with Crippen LogP contribution in [0.4, 0.5) is 11.8 Å². The summed E-state index contributed by atoms with van der Waals surface area (Å²) in [6.07, 6.45) is 1.08. The molecule has 10 nitrogen and oxygen atoms in total. The number of aromatic amines is 1. The van der Waals surface area contributed by atoms with E-state index in [0.717, 1.165) is 6.20 Å². The lowest BCUT2D eigenvalue weighted by Gasteiger charge is -2.08. The second-order valence-corrected chi connectivity index (χ2v) is 5.18. The second kappa shape index (κ2) is 5.21. The van der Waals surface area contributed by atoms with Gasteiger partial charge in [0.1, 0.15) is 10.7 Å². The highest BCUT2D eigenvalue weighted by atomic mass is 32.2. The van der Waals surface area contributed by atoms with Crippen LogP contribution in [-0.2, 0) is 10.0 Å². The number of sulfonamides is 1. The highest BCUT2D eigenvalue weighted by Gasteiger charge is 2.21. The van der Waals surface area contributed by atoms with Gasteiger partial charge in [-0.1, -0.05) is 0 Å². The van der Waals surface area contributed by atoms with Crippen molar-refractivity contribution in [3.63, 3.8) is 0 Å². The minimum Gasteiger partial charge on any atom is -0.481 e. The quantitative estimate of drug-likeness (QED) is 0.676. The number of nitrogens with one attached hydrogen (secondary N) is 2. The Labute approximate surface area is 114 Å². The van der Waals surface area contributed by atoms with Crippen molar-refractivity contribution in [1.82, 2.24) is 20.2 Å². The van der Waals surface area contributed by atoms with Crippen LogP contribution in [0, 0.1) is 0 Å². The lowest BCUT2D eigenvalue weighted by molar-refractivity contribution is 0.373. The molecule has 2 aromatic rings. The molecule has 4 N–H and O–H groups in total. The van der Waals surface area contributed by atoms with Crippen LogP contribution in [0.1, 0.15) is 0 Å². The topological polar surface area (TPSA) is 145 Å². The zero-order valence-corrected chi connectivity index (χ0v) is 11.4. The lowest BCUT2D eigenvalue weighted by Crippen LogP contribution is -2.16. The van der Waals surface area contributed by atoms with E-state index in [1.807, 2.05) is 0 Å². The van der Waals surface area contributed by atoms with Crippen LogP contribution in [0.15, 0.2) is 17.2 Å². The van der Waals surface area contributed by atoms with Gasteiger partial charge in [0, 0.05) is 0 Å². The normalized spacial score (nSPS) is 11.1. The molecule has 0 spiro atoms. The molecule has 0 atom stereocenters. The van der Waals surface area contributed by atoms with Gasteiger partial charge in [-0.3, -0.25) is 5.10 Å². The predicted octanol–water partition coefficient (Wildman–Crippen LogP) is -0.400. The number of hydrogen-bond acceptors (Lipinski definition) is 8. The highest BCUT2D eigenvalue weighted by molar-refractivity contribution is 7.92. The first-order chi connectivity index (χ1) is 9.46. The van der Waals surface area contributed by atoms with Crippen LogP contribution < -0.4 is 19.9 Å². The number of H-pyrrole nitrogens is 1. The molecule has 0 aliphatic carbocycles. The average Bonchev–Trinajstić information content (AvgIpc) is 2.84. The Bertz CT molecular complexity index is 691. The van der Waals surface area contributed by atoms with Gasteiger partial charge in [0.25, 0.3) is 10.0 Å². The van der Waals surface area contributed by atoms with Crippen molar-refractivity contribution < 1.29 is 17.9 Å². The molecule has 2 aromatic heterocycles. The van der Waals surface area contributed by atoms with Crippen LogP contribution in [-0.4, -0.2) is 42.8 Å². The summed E-state index contributed by atoms with van der Waals surface area (Å²) in [5, 5.41) is 5.86. The van der Waals surface area contributed by atoms with Crippen molar-refractivity contribution in [2.75, 3.05) is 24.7 Å². The van der Waals surface area contributed by atoms with Crippen molar-refractivity contribution >= 4 is 21.8 Å². The van der Waals surface area contributed by atoms with E-state index in [0.29, 0.717) is 0 Å². The summed E-state index contributed by atoms with van der Waals surface area (Å²) in [5.74, 6) is -0.00130. The summed E-state index contributed by atoms with van der Waals surface area (Å²) >= 11 is 0. The monoisotopic (exact) mass is 300 g/mol. The summed E-state index contributed by atoms with van der Waals surface area (Å²) in [4.78, 5) is 7.49. The van der Waals surface area contributed by atoms with Gasteiger partial charge in [0.05, 0.1) is 26.5 Å². The minimum absolute atomic E-state index is 0.0904. The molecule has 0 aromatic carbocycles. The molecule has 20 heavy (non-hydrogen) atoms. The van der Waals surface area contributed by atoms with Crippen molar-refractivity contribution in [2.24, 2.45) is 0 Å². The first kappa shape index (κ1) is 13.9. The third kappa shape index (κ3) is 2.71. The van der Waals surface area contributed by atoms with Crippen molar-refractivity contribution in [3.05, 3.63) is 12.3 Å². The van der Waals surface area contributed by atoms with Crippen LogP contribution in [0.2, 0.25) is 0 Å². The van der Waals surface area contributed by atoms with E-state index in [9.17, 15) is 8.42 Å². The van der Waals surface area contributed by atoms with Gasteiger partial charge in [-0.05, 0) is 0 Å². The minimum atomic E-state index is -3.96. The molecule has 0 saturated heterocycles. The zero-order valence-electron chi connectivity index (χ0n) is 10.6. The molecular weight excluding hydrogens is 288 g/mol. The molecule has 108 valence electrons. The summed E-state index contributed by atoms with van der Waals surface area (Å²) < 4.78 is 36.1. The van der Waals surface area contributed by atoms with Crippen molar-refractivity contribution in [3.8, 4) is 11.8 Å². The zero-order chi connectivity index (χ0) is 14.8. The largest absolute Gasteiger partial charge is 0.481 e. The molecule has 2 rings (SSSR count). The number of nitrogen functional groups attached to an aromatic ring is 1. The molecule has 0 saturated carbocycles. The molecule has 0 amide bonds. The van der Waals surface area contributed by atoms with E-state index in [1.54, 1.807) is 0 Å². The molecule has 11 heteroatoms. The number of methoxy groups -OCH3 is 2. The summed E-state index contributed by atoms with van der Waals surface area (Å²) in [6, 6.07) is 1.41. The number of nitrogens with two attached hydrogens (primary N) is 1. The maximum Gasteiger partial charge on any atom is 0.269 e. The lowest BCUT2D eigenvalue weighted by atomic mass is 10.6. The maximum absolute atomic E-state index is 12.1. The van der Waals surface area contributed by atoms with Gasteiger partial charge in [-0.25, -0.2) is 13.1 Å². The number of aromatic nitrogens is 4. The van der Waals surface area contributed by atoms with Gasteiger partial charge in [-0.15, -0.1) is 0 Å². The SMILES string of the molecule is COc1cc(OC)nc(NS(=O)(=O)c2cn[nH]c2N)n1. The van der Waals surface area contributed by atoms with E-state index >= 15 is 0 Å². The molecule has 0 fully saturated rings. The standard InChI is InChI=1S/C9H12N6O4S/c1-18-6-3-7(19-2)13-9(12-6)15-20(16,17)5-4-11-14-8(5)10/h3-4H,1-2H3,(H3,10,11,14)(H,12,13,15). The average molecular weight is 300 g/mol. The molecule has 2 heterocycles. The Hall–Kier alpha value is -2.56. The van der Waals surface area contributed by atoms with Gasteiger partial charge in [0.2, 0.25) is 17.7 Å². The van der Waals surface area contributed by atoms with Gasteiger partial charge in [-0.2, -0.15) is 15.1 Å². The van der Waals surface area contributed by atoms with Crippen molar-refractivity contribution in [2.45, 2.75) is 4.90 Å². The Morgan fingerprint density at radius 1 is 1.25 bits per heavy atom. The third-order valence-corrected chi connectivity index (χ3v) is 3.60. The van der Waals surface area contributed by atoms with E-state index in [-0.39, 0.29) is 28.4 Å². The maximum atomic E-state index is 12.1. The molecule has 0 aliphatic heterocycles. The third-order valence-electron chi connectivity index (χ3n) is 2.24. The summed E-state index contributed by atoms with van der Waals surface area (Å²) in [6.45, 7) is 0. The molecule has 0 aliphatic rings. The van der Waals surface area contributed by atoms with E-state index < -0.39 is 10.0 Å². The van der Waals surface area contributed by atoms with Crippen LogP contribution in [0.25, 0.3) is 0 Å². The predicted molar refractivity (Wildman–Crippen MR) is 68.9 cm³/mol. The number of nitrogens with zero attached hydrogens (tertiary/aromatic N) is 3. The van der Waals surface area contributed by atoms with E-state index in [2.05, 4.69) is 24.9 Å². The van der Waals surface area contributed by atoms with E-state index in [1.165, 1.54) is 20.3 Å². The highest BCUT2D eigenvalue weighted by Crippen LogP contribution is 2.21. The Morgan fingerprint density at radius 2 is 1.85 bits per heavy atom. The summed E-state index contributed by atoms with van der Waals surface area (Å²) in [7, 11) is -1.19. The van der Waals surface area contributed by atoms with Gasteiger partial charge >= 0.3 is 0 Å². The summed E-state index contributed by atoms with van der Waals surface area (Å²) in [5.41, 5.74) is 5.47. The molecule has 0 radical (unpaired) electrons. The van der Waals surface area contributed by atoms with Crippen LogP contribution >= 0.6 is 0 Å². The number of rotatable bonds is 5. The van der Waals surface area contributed by atoms with Crippen molar-refractivity contribution in [1.29, 1.82) is 0 Å². The van der Waals surface area contributed by atoms with Gasteiger partial charge in [0.15, 0.2) is 0 Å². The fourth-order valence-electron chi connectivity index (χ4n) is 1.33. The fourth-order valence-corrected chi connectivity index (χ4v) is 2.30. The molecule has 0 unspecified atom stereocenters. The fraction of sp³-hybridized carbons (Fsp3) is 0.222. The van der Waals surface area contributed by atoms with Crippen LogP contribution in [0.5, 0.6) is 11.8 Å². The Balaban J connectivity index is 2.37. The number of hydrogen-bond donors (Lipinski definition) is 3. The van der Waals surface area contributed by atoms with Crippen LogP contribution in [0.3, 0.4) is 0 Å². The Kier molecular flexibility index (Phi) is 3.61. The second-order valence-electron chi connectivity index (χ2n) is 3.53. The van der Waals surface area contributed by atoms with Gasteiger partial charge < -0.3 is 15.2 Å². The number of anilines is 2. The molecular formula is C9H12N6O4S. The first-order valence-corrected chi connectivity index (χ1v) is 6.73. The van der Waals surface area contributed by atoms with E-state index in [4.69, 9.17) is 15.2 Å². The molecule has 0 bridgehead atoms. The number of ether oxygens (including phenoxy) is 2. The Morgan fingerprint density at radius 3 is 2.30 bits per heavy atom. The first-order valence-electron chi connectivity index (χ1n) is 5.25.